The minimum absolute atomic E-state index is 0. The minimum atomic E-state index is -0.386. The second-order valence-corrected chi connectivity index (χ2v) is 4.46. The van der Waals surface area contributed by atoms with E-state index >= 15 is 0 Å². The molecule has 0 aromatic carbocycles. The summed E-state index contributed by atoms with van der Waals surface area (Å²) in [7, 11) is 0. The van der Waals surface area contributed by atoms with Crippen LogP contribution in [0.15, 0.2) is 47.6 Å². The van der Waals surface area contributed by atoms with E-state index in [1.54, 1.807) is 0 Å². The summed E-state index contributed by atoms with van der Waals surface area (Å²) < 4.78 is 5.40. The molecule has 90 valence electrons. The van der Waals surface area contributed by atoms with Crippen LogP contribution < -0.4 is 0 Å². The molecule has 0 aliphatic heterocycles. The molecule has 17 heavy (non-hydrogen) atoms. The summed E-state index contributed by atoms with van der Waals surface area (Å²) in [5.41, 5.74) is 2.17. The van der Waals surface area contributed by atoms with Crippen LogP contribution in [0.3, 0.4) is 0 Å². The maximum atomic E-state index is 5.83. The summed E-state index contributed by atoms with van der Waals surface area (Å²) in [6, 6.07) is 0. The van der Waals surface area contributed by atoms with Gasteiger partial charge in [-0.15, -0.1) is 0 Å². The largest absolute Gasteiger partial charge is 0.263 e. The fourth-order valence-corrected chi connectivity index (χ4v) is 2.79. The fourth-order valence-electron chi connectivity index (χ4n) is 2.51. The third kappa shape index (κ3) is 2.85. The van der Waals surface area contributed by atoms with Crippen LogP contribution in [0, 0.1) is 0 Å². The summed E-state index contributed by atoms with van der Waals surface area (Å²) in [6.45, 7) is 2.16. The van der Waals surface area contributed by atoms with Gasteiger partial charge in [0, 0.05) is 21.7 Å². The van der Waals surface area contributed by atoms with Crippen LogP contribution in [0.5, 0.6) is 0 Å². The van der Waals surface area contributed by atoms with Crippen molar-refractivity contribution in [3.63, 3.8) is 0 Å². The Morgan fingerprint density at radius 3 is 2.00 bits per heavy atom. The molecule has 2 aliphatic carbocycles. The van der Waals surface area contributed by atoms with Crippen molar-refractivity contribution in [1.82, 2.24) is 0 Å². The van der Waals surface area contributed by atoms with Crippen molar-refractivity contribution in [3.8, 4) is 0 Å². The molecule has 2 aliphatic rings. The van der Waals surface area contributed by atoms with Gasteiger partial charge in [0.1, 0.15) is 5.60 Å². The van der Waals surface area contributed by atoms with Crippen LogP contribution in [0.25, 0.3) is 0 Å². The van der Waals surface area contributed by atoms with E-state index in [1.807, 2.05) is 0 Å². The Hall–Kier alpha value is -0.0757. The molecule has 0 heterocycles. The normalized spacial score (nSPS) is 18.0. The molecule has 0 saturated carbocycles. The van der Waals surface area contributed by atoms with Crippen LogP contribution in [0.2, 0.25) is 0 Å². The van der Waals surface area contributed by atoms with Crippen LogP contribution >= 0.6 is 11.9 Å². The minimum Gasteiger partial charge on any atom is -0.263 e. The van der Waals surface area contributed by atoms with Gasteiger partial charge in [0.05, 0.1) is 11.9 Å². The zero-order valence-electron chi connectivity index (χ0n) is 10.1. The predicted molar refractivity (Wildman–Crippen MR) is 68.3 cm³/mol. The molecule has 0 saturated heterocycles. The fraction of sp³-hybridized carbons (Fsp3) is 0.429. The smallest absolute Gasteiger partial charge is 0.133 e. The first-order valence-electron chi connectivity index (χ1n) is 5.85. The van der Waals surface area contributed by atoms with Gasteiger partial charge in [-0.05, 0) is 30.4 Å². The third-order valence-electron chi connectivity index (χ3n) is 3.31. The van der Waals surface area contributed by atoms with Gasteiger partial charge in [-0.1, -0.05) is 49.8 Å². The monoisotopic (exact) mass is 284 g/mol. The topological polar surface area (TPSA) is 9.23 Å². The molecule has 0 aromatic heterocycles. The van der Waals surface area contributed by atoms with E-state index in [0.29, 0.717) is 0 Å². The quantitative estimate of drug-likeness (QED) is 0.677. The zero-order valence-corrected chi connectivity index (χ0v) is 12.4. The van der Waals surface area contributed by atoms with E-state index in [2.05, 4.69) is 43.4 Å². The predicted octanol–water partition coefficient (Wildman–Crippen LogP) is 4.47. The molecule has 0 bridgehead atoms. The second kappa shape index (κ2) is 6.75. The molecule has 3 heteroatoms. The van der Waals surface area contributed by atoms with Gasteiger partial charge in [0.2, 0.25) is 0 Å². The van der Waals surface area contributed by atoms with Crippen molar-refractivity contribution in [1.29, 1.82) is 0 Å². The van der Waals surface area contributed by atoms with E-state index in [1.165, 1.54) is 11.1 Å². The first-order chi connectivity index (χ1) is 7.83. The van der Waals surface area contributed by atoms with Crippen LogP contribution in [0.1, 0.15) is 32.6 Å². The van der Waals surface area contributed by atoms with Crippen molar-refractivity contribution in [2.75, 3.05) is 0 Å². The molecule has 2 rings (SSSR count). The molecule has 0 atom stereocenters. The summed E-state index contributed by atoms with van der Waals surface area (Å²) in [5, 5.41) is 0. The van der Waals surface area contributed by atoms with Gasteiger partial charge in [-0.25, -0.2) is 0 Å². The van der Waals surface area contributed by atoms with E-state index in [9.17, 15) is 0 Å². The zero-order chi connectivity index (χ0) is 11.4. The summed E-state index contributed by atoms with van der Waals surface area (Å²) in [4.78, 5) is 0. The van der Waals surface area contributed by atoms with Crippen molar-refractivity contribution in [2.45, 2.75) is 38.2 Å². The van der Waals surface area contributed by atoms with Gasteiger partial charge in [0.15, 0.2) is 0 Å². The Morgan fingerprint density at radius 1 is 1.18 bits per heavy atom. The van der Waals surface area contributed by atoms with Gasteiger partial charge >= 0.3 is 0 Å². The van der Waals surface area contributed by atoms with Crippen molar-refractivity contribution in [2.24, 2.45) is 0 Å². The Morgan fingerprint density at radius 2 is 1.71 bits per heavy atom. The number of hydrogen-bond acceptors (Lipinski definition) is 1. The molecule has 0 radical (unpaired) electrons. The first kappa shape index (κ1) is 15.0. The standard InChI is InChI=1S/C14H17ClO.Ti/c1-2-11-14(16-15,12-7-3-4-8-12)13-9-5-6-10-13;/h3-7,9H,2,8,10-11H2,1H3;. The molecule has 0 unspecified atom stereocenters. The van der Waals surface area contributed by atoms with E-state index in [4.69, 9.17) is 16.2 Å². The maximum absolute atomic E-state index is 5.83. The third-order valence-corrected chi connectivity index (χ3v) is 3.58. The molecule has 0 N–H and O–H groups in total. The average Bonchev–Trinajstić information content (AvgIpc) is 2.98. The molecular formula is C14H17ClOTi. The molecule has 0 aromatic rings. The molecule has 0 fully saturated rings. The number of halogens is 1. The van der Waals surface area contributed by atoms with Gasteiger partial charge < -0.3 is 0 Å². The number of rotatable bonds is 5. The van der Waals surface area contributed by atoms with Crippen LogP contribution in [0.4, 0.5) is 0 Å². The summed E-state index contributed by atoms with van der Waals surface area (Å²) in [5.74, 6) is 0. The van der Waals surface area contributed by atoms with Crippen molar-refractivity contribution < 1.29 is 26.0 Å². The first-order valence-corrected chi connectivity index (χ1v) is 6.16. The summed E-state index contributed by atoms with van der Waals surface area (Å²) in [6.07, 6.45) is 16.6. The Kier molecular flexibility index (Phi) is 5.95. The van der Waals surface area contributed by atoms with Crippen LogP contribution in [-0.2, 0) is 26.0 Å². The Balaban J connectivity index is 0.00000144. The Labute approximate surface area is 123 Å². The van der Waals surface area contributed by atoms with E-state index in [-0.39, 0.29) is 27.3 Å². The molecular weight excluding hydrogens is 267 g/mol. The average molecular weight is 285 g/mol. The Bertz CT molecular complexity index is 350. The van der Waals surface area contributed by atoms with Crippen molar-refractivity contribution >= 4 is 11.9 Å². The SMILES string of the molecule is CCCC(OCl)(C1=CC=CC1)C1=CC=CC1.[Ti]. The number of allylic oxidation sites excluding steroid dienone is 6. The maximum Gasteiger partial charge on any atom is 0.133 e. The number of hydrogen-bond donors (Lipinski definition) is 0. The van der Waals surface area contributed by atoms with Crippen LogP contribution in [-0.4, -0.2) is 5.60 Å². The molecule has 0 amide bonds. The molecule has 1 nitrogen and oxygen atoms in total. The second-order valence-electron chi connectivity index (χ2n) is 4.30. The summed E-state index contributed by atoms with van der Waals surface area (Å²) >= 11 is 5.83. The molecule has 0 spiro atoms. The van der Waals surface area contributed by atoms with Gasteiger partial charge in [-0.2, -0.15) is 0 Å². The van der Waals surface area contributed by atoms with Crippen molar-refractivity contribution in [3.05, 3.63) is 47.6 Å². The van der Waals surface area contributed by atoms with E-state index < -0.39 is 0 Å². The van der Waals surface area contributed by atoms with E-state index in [0.717, 1.165) is 25.7 Å². The van der Waals surface area contributed by atoms with Gasteiger partial charge in [0.25, 0.3) is 0 Å². The van der Waals surface area contributed by atoms with Gasteiger partial charge in [-0.3, -0.25) is 4.29 Å².